The standard InChI is InChI=1S/C9H9ClF2O2/c10-4-5-13-7-2-1-3-8(6-7)14-9(11)12/h1-3,6,9H,4-5H2. The normalized spacial score (nSPS) is 10.3. The maximum atomic E-state index is 11.8. The fraction of sp³-hybridized carbons (Fsp3) is 0.333. The first-order valence-electron chi connectivity index (χ1n) is 3.96. The lowest BCUT2D eigenvalue weighted by Gasteiger charge is -2.07. The monoisotopic (exact) mass is 222 g/mol. The topological polar surface area (TPSA) is 18.5 Å². The Morgan fingerprint density at radius 2 is 2.00 bits per heavy atom. The highest BCUT2D eigenvalue weighted by atomic mass is 35.5. The predicted molar refractivity (Wildman–Crippen MR) is 49.3 cm³/mol. The molecule has 0 saturated carbocycles. The minimum Gasteiger partial charge on any atom is -0.492 e. The summed E-state index contributed by atoms with van der Waals surface area (Å²) in [7, 11) is 0. The summed E-state index contributed by atoms with van der Waals surface area (Å²) in [4.78, 5) is 0. The van der Waals surface area contributed by atoms with Gasteiger partial charge in [0.2, 0.25) is 0 Å². The van der Waals surface area contributed by atoms with Gasteiger partial charge in [-0.25, -0.2) is 0 Å². The van der Waals surface area contributed by atoms with Crippen LogP contribution in [0.1, 0.15) is 0 Å². The van der Waals surface area contributed by atoms with Crippen molar-refractivity contribution in [1.29, 1.82) is 0 Å². The Balaban J connectivity index is 2.59. The van der Waals surface area contributed by atoms with Gasteiger partial charge in [0, 0.05) is 6.07 Å². The van der Waals surface area contributed by atoms with Crippen molar-refractivity contribution in [3.8, 4) is 11.5 Å². The lowest BCUT2D eigenvalue weighted by molar-refractivity contribution is -0.0499. The van der Waals surface area contributed by atoms with Crippen LogP contribution in [0.2, 0.25) is 0 Å². The van der Waals surface area contributed by atoms with Crippen LogP contribution >= 0.6 is 11.6 Å². The van der Waals surface area contributed by atoms with Crippen molar-refractivity contribution in [1.82, 2.24) is 0 Å². The summed E-state index contributed by atoms with van der Waals surface area (Å²) in [5, 5.41) is 0. The molecule has 0 aliphatic rings. The number of hydrogen-bond donors (Lipinski definition) is 0. The van der Waals surface area contributed by atoms with E-state index in [1.165, 1.54) is 12.1 Å². The summed E-state index contributed by atoms with van der Waals surface area (Å²) < 4.78 is 32.9. The van der Waals surface area contributed by atoms with Crippen LogP contribution < -0.4 is 9.47 Å². The van der Waals surface area contributed by atoms with E-state index in [4.69, 9.17) is 16.3 Å². The van der Waals surface area contributed by atoms with Crippen LogP contribution in [0.15, 0.2) is 24.3 Å². The second kappa shape index (κ2) is 5.65. The summed E-state index contributed by atoms with van der Waals surface area (Å²) in [5.74, 6) is 0.885. The third-order valence-corrected chi connectivity index (χ3v) is 1.53. The number of halogens is 3. The largest absolute Gasteiger partial charge is 0.492 e. The van der Waals surface area contributed by atoms with Gasteiger partial charge in [-0.05, 0) is 12.1 Å². The van der Waals surface area contributed by atoms with Crippen LogP contribution in [0.4, 0.5) is 8.78 Å². The molecule has 0 aromatic heterocycles. The van der Waals surface area contributed by atoms with Crippen molar-refractivity contribution in [2.75, 3.05) is 12.5 Å². The molecule has 1 aromatic carbocycles. The molecule has 0 amide bonds. The number of benzene rings is 1. The minimum atomic E-state index is -2.82. The Morgan fingerprint density at radius 1 is 1.29 bits per heavy atom. The second-order valence-corrected chi connectivity index (χ2v) is 2.77. The van der Waals surface area contributed by atoms with E-state index < -0.39 is 6.61 Å². The third-order valence-electron chi connectivity index (χ3n) is 1.38. The van der Waals surface area contributed by atoms with Crippen LogP contribution in [0, 0.1) is 0 Å². The van der Waals surface area contributed by atoms with Crippen LogP contribution in [0.3, 0.4) is 0 Å². The van der Waals surface area contributed by atoms with E-state index in [0.29, 0.717) is 18.2 Å². The molecule has 0 aliphatic heterocycles. The maximum absolute atomic E-state index is 11.8. The van der Waals surface area contributed by atoms with E-state index in [1.54, 1.807) is 12.1 Å². The van der Waals surface area contributed by atoms with Gasteiger partial charge in [-0.15, -0.1) is 11.6 Å². The predicted octanol–water partition coefficient (Wildman–Crippen LogP) is 2.91. The first-order chi connectivity index (χ1) is 6.72. The highest BCUT2D eigenvalue weighted by molar-refractivity contribution is 6.17. The van der Waals surface area contributed by atoms with Gasteiger partial charge in [-0.1, -0.05) is 6.07 Å². The van der Waals surface area contributed by atoms with Crippen LogP contribution in [-0.2, 0) is 0 Å². The number of ether oxygens (including phenoxy) is 2. The van der Waals surface area contributed by atoms with E-state index in [2.05, 4.69) is 4.74 Å². The molecule has 0 atom stereocenters. The van der Waals surface area contributed by atoms with Gasteiger partial charge in [0.25, 0.3) is 0 Å². The number of rotatable bonds is 5. The summed E-state index contributed by atoms with van der Waals surface area (Å²) in [6, 6.07) is 6.03. The molecule has 1 aromatic rings. The molecule has 0 fully saturated rings. The molecule has 0 spiro atoms. The van der Waals surface area contributed by atoms with Crippen LogP contribution in [0.5, 0.6) is 11.5 Å². The smallest absolute Gasteiger partial charge is 0.387 e. The number of alkyl halides is 3. The first kappa shape index (κ1) is 11.0. The van der Waals surface area contributed by atoms with Gasteiger partial charge in [-0.2, -0.15) is 8.78 Å². The third kappa shape index (κ3) is 3.79. The summed E-state index contributed by atoms with van der Waals surface area (Å²) in [5.41, 5.74) is 0. The Bertz CT molecular complexity index is 281. The van der Waals surface area contributed by atoms with Crippen molar-refractivity contribution in [2.24, 2.45) is 0 Å². The van der Waals surface area contributed by atoms with Crippen LogP contribution in [0.25, 0.3) is 0 Å². The Hall–Kier alpha value is -1.03. The molecule has 78 valence electrons. The minimum absolute atomic E-state index is 0.0760. The molecule has 5 heteroatoms. The molecule has 0 unspecified atom stereocenters. The lowest BCUT2D eigenvalue weighted by atomic mass is 10.3. The zero-order valence-corrected chi connectivity index (χ0v) is 8.01. The van der Waals surface area contributed by atoms with Gasteiger partial charge < -0.3 is 9.47 Å². The van der Waals surface area contributed by atoms with Gasteiger partial charge >= 0.3 is 6.61 Å². The van der Waals surface area contributed by atoms with Crippen molar-refractivity contribution < 1.29 is 18.3 Å². The van der Waals surface area contributed by atoms with Gasteiger partial charge in [-0.3, -0.25) is 0 Å². The Kier molecular flexibility index (Phi) is 4.46. The van der Waals surface area contributed by atoms with Crippen molar-refractivity contribution in [3.05, 3.63) is 24.3 Å². The van der Waals surface area contributed by atoms with Gasteiger partial charge in [0.1, 0.15) is 18.1 Å². The zero-order valence-electron chi connectivity index (χ0n) is 7.25. The van der Waals surface area contributed by atoms with Crippen molar-refractivity contribution in [3.63, 3.8) is 0 Å². The first-order valence-corrected chi connectivity index (χ1v) is 4.49. The Labute approximate surface area is 85.4 Å². The highest BCUT2D eigenvalue weighted by Crippen LogP contribution is 2.20. The zero-order chi connectivity index (χ0) is 10.4. The molecule has 0 aliphatic carbocycles. The molecule has 0 bridgehead atoms. The van der Waals surface area contributed by atoms with E-state index in [0.717, 1.165) is 0 Å². The Morgan fingerprint density at radius 3 is 2.64 bits per heavy atom. The van der Waals surface area contributed by atoms with E-state index >= 15 is 0 Å². The fourth-order valence-corrected chi connectivity index (χ4v) is 0.974. The SMILES string of the molecule is FC(F)Oc1cccc(OCCCl)c1. The van der Waals surface area contributed by atoms with E-state index in [9.17, 15) is 8.78 Å². The molecule has 0 N–H and O–H groups in total. The summed E-state index contributed by atoms with van der Waals surface area (Å²) in [6.45, 7) is -2.49. The van der Waals surface area contributed by atoms with Crippen molar-refractivity contribution in [2.45, 2.75) is 6.61 Å². The molecular formula is C9H9ClF2O2. The molecule has 1 rings (SSSR count). The quantitative estimate of drug-likeness (QED) is 0.714. The van der Waals surface area contributed by atoms with E-state index in [-0.39, 0.29) is 5.75 Å². The van der Waals surface area contributed by atoms with Gasteiger partial charge in [0.05, 0.1) is 5.88 Å². The highest BCUT2D eigenvalue weighted by Gasteiger charge is 2.04. The molecule has 2 nitrogen and oxygen atoms in total. The second-order valence-electron chi connectivity index (χ2n) is 2.39. The summed E-state index contributed by atoms with van der Waals surface area (Å²) in [6.07, 6.45) is 0. The summed E-state index contributed by atoms with van der Waals surface area (Å²) >= 11 is 5.40. The van der Waals surface area contributed by atoms with Crippen molar-refractivity contribution >= 4 is 11.6 Å². The molecule has 0 radical (unpaired) electrons. The van der Waals surface area contributed by atoms with Gasteiger partial charge in [0.15, 0.2) is 0 Å². The average Bonchev–Trinajstić information content (AvgIpc) is 2.14. The average molecular weight is 223 g/mol. The number of hydrogen-bond acceptors (Lipinski definition) is 2. The van der Waals surface area contributed by atoms with E-state index in [1.807, 2.05) is 0 Å². The molecule has 0 heterocycles. The lowest BCUT2D eigenvalue weighted by Crippen LogP contribution is -2.02. The molecule has 0 saturated heterocycles. The molecule has 14 heavy (non-hydrogen) atoms. The van der Waals surface area contributed by atoms with Crippen LogP contribution in [-0.4, -0.2) is 19.1 Å². The maximum Gasteiger partial charge on any atom is 0.387 e. The molecular weight excluding hydrogens is 214 g/mol. The fourth-order valence-electron chi connectivity index (χ4n) is 0.897.